The fourth-order valence-electron chi connectivity index (χ4n) is 2.01. The lowest BCUT2D eigenvalue weighted by Crippen LogP contribution is -2.22. The summed E-state index contributed by atoms with van der Waals surface area (Å²) in [7, 11) is 0. The van der Waals surface area contributed by atoms with E-state index in [0.29, 0.717) is 17.0 Å². The molecule has 0 spiro atoms. The van der Waals surface area contributed by atoms with Gasteiger partial charge in [0.25, 0.3) is 0 Å². The second kappa shape index (κ2) is 4.22. The minimum absolute atomic E-state index is 0.138. The molecule has 1 aliphatic carbocycles. The van der Waals surface area contributed by atoms with Crippen LogP contribution in [0.2, 0.25) is 0 Å². The highest BCUT2D eigenvalue weighted by atomic mass is 16.5. The third kappa shape index (κ3) is 1.86. The number of hydroxylamine groups is 2. The molecular weight excluding hydrogens is 246 g/mol. The molecule has 0 aromatic carbocycles. The summed E-state index contributed by atoms with van der Waals surface area (Å²) in [5.74, 6) is 0.236. The van der Waals surface area contributed by atoms with Crippen molar-refractivity contribution in [1.29, 1.82) is 0 Å². The highest BCUT2D eigenvalue weighted by Crippen LogP contribution is 2.29. The maximum atomic E-state index is 11.9. The Kier molecular flexibility index (Phi) is 2.54. The number of hydrogen-bond donors (Lipinski definition) is 1. The van der Waals surface area contributed by atoms with Gasteiger partial charge >= 0.3 is 0 Å². The van der Waals surface area contributed by atoms with Gasteiger partial charge in [-0.2, -0.15) is 0 Å². The van der Waals surface area contributed by atoms with Crippen LogP contribution in [0.1, 0.15) is 11.3 Å². The predicted molar refractivity (Wildman–Crippen MR) is 67.8 cm³/mol. The molecule has 3 rings (SSSR count). The van der Waals surface area contributed by atoms with E-state index in [1.807, 2.05) is 0 Å². The van der Waals surface area contributed by atoms with Gasteiger partial charge in [-0.3, -0.25) is 14.8 Å². The molecule has 5 heteroatoms. The lowest BCUT2D eigenvalue weighted by atomic mass is 9.99. The SMILES string of the molecule is O=C1C=CC(=C2c3c(occc3=O)C=CN2O)C=C1. The molecule has 19 heavy (non-hydrogen) atoms. The van der Waals surface area contributed by atoms with E-state index in [1.54, 1.807) is 12.2 Å². The van der Waals surface area contributed by atoms with Gasteiger partial charge < -0.3 is 4.42 Å². The number of allylic oxidation sites excluding steroid dienone is 5. The Morgan fingerprint density at radius 3 is 2.53 bits per heavy atom. The van der Waals surface area contributed by atoms with Gasteiger partial charge in [-0.1, -0.05) is 0 Å². The van der Waals surface area contributed by atoms with Crippen LogP contribution in [0, 0.1) is 0 Å². The molecule has 0 unspecified atom stereocenters. The molecule has 1 aliphatic heterocycles. The molecule has 1 aromatic rings. The monoisotopic (exact) mass is 255 g/mol. The van der Waals surface area contributed by atoms with Crippen molar-refractivity contribution in [3.63, 3.8) is 0 Å². The molecule has 1 aromatic heterocycles. The van der Waals surface area contributed by atoms with E-state index in [2.05, 4.69) is 0 Å². The predicted octanol–water partition coefficient (Wildman–Crippen LogP) is 1.72. The summed E-state index contributed by atoms with van der Waals surface area (Å²) >= 11 is 0. The fraction of sp³-hybridized carbons (Fsp3) is 0. The average Bonchev–Trinajstić information content (AvgIpc) is 2.41. The van der Waals surface area contributed by atoms with E-state index >= 15 is 0 Å². The number of rotatable bonds is 0. The van der Waals surface area contributed by atoms with Gasteiger partial charge in [0.2, 0.25) is 0 Å². The van der Waals surface area contributed by atoms with E-state index in [-0.39, 0.29) is 16.8 Å². The maximum Gasteiger partial charge on any atom is 0.194 e. The van der Waals surface area contributed by atoms with Crippen LogP contribution >= 0.6 is 0 Å². The highest BCUT2D eigenvalue weighted by molar-refractivity contribution is 6.02. The molecule has 0 radical (unpaired) electrons. The van der Waals surface area contributed by atoms with Crippen molar-refractivity contribution < 1.29 is 14.4 Å². The van der Waals surface area contributed by atoms with Crippen LogP contribution < -0.4 is 5.43 Å². The number of carbonyl (C=O) groups excluding carboxylic acids is 1. The summed E-state index contributed by atoms with van der Waals surface area (Å²) in [6.45, 7) is 0. The molecule has 94 valence electrons. The molecule has 0 atom stereocenters. The lowest BCUT2D eigenvalue weighted by molar-refractivity contribution is -0.110. The first-order valence-corrected chi connectivity index (χ1v) is 5.60. The number of nitrogens with zero attached hydrogens (tertiary/aromatic N) is 1. The van der Waals surface area contributed by atoms with Crippen molar-refractivity contribution in [3.8, 4) is 0 Å². The molecule has 1 N–H and O–H groups in total. The maximum absolute atomic E-state index is 11.9. The second-order valence-corrected chi connectivity index (χ2v) is 4.06. The summed E-state index contributed by atoms with van der Waals surface area (Å²) in [4.78, 5) is 23.1. The summed E-state index contributed by atoms with van der Waals surface area (Å²) in [6.07, 6.45) is 10.0. The van der Waals surface area contributed by atoms with Crippen molar-refractivity contribution in [3.05, 3.63) is 70.0 Å². The third-order valence-corrected chi connectivity index (χ3v) is 2.87. The van der Waals surface area contributed by atoms with Crippen molar-refractivity contribution in [2.75, 3.05) is 0 Å². The Morgan fingerprint density at radius 2 is 1.79 bits per heavy atom. The summed E-state index contributed by atoms with van der Waals surface area (Å²) in [5, 5.41) is 10.8. The standard InChI is InChI=1S/C14H9NO4/c16-10-3-1-9(2-4-10)14-13-11(17)6-8-19-12(13)5-7-15(14)18/h1-8,18H. The van der Waals surface area contributed by atoms with Crippen molar-refractivity contribution in [2.45, 2.75) is 0 Å². The van der Waals surface area contributed by atoms with Gasteiger partial charge in [0.1, 0.15) is 5.76 Å². The third-order valence-electron chi connectivity index (χ3n) is 2.87. The molecule has 5 nitrogen and oxygen atoms in total. The Labute approximate surface area is 108 Å². The summed E-state index contributed by atoms with van der Waals surface area (Å²) in [6, 6.07) is 1.29. The van der Waals surface area contributed by atoms with Crippen LogP contribution in [-0.4, -0.2) is 16.1 Å². The van der Waals surface area contributed by atoms with Crippen LogP contribution in [-0.2, 0) is 4.79 Å². The molecule has 2 heterocycles. The number of hydrogen-bond acceptors (Lipinski definition) is 5. The first kappa shape index (κ1) is 11.4. The molecule has 0 bridgehead atoms. The van der Waals surface area contributed by atoms with Crippen molar-refractivity contribution in [2.24, 2.45) is 0 Å². The van der Waals surface area contributed by atoms with E-state index < -0.39 is 0 Å². The Morgan fingerprint density at radius 1 is 1.05 bits per heavy atom. The van der Waals surface area contributed by atoms with Crippen LogP contribution in [0.15, 0.2) is 57.6 Å². The second-order valence-electron chi connectivity index (χ2n) is 4.06. The Hall–Kier alpha value is -2.66. The zero-order valence-corrected chi connectivity index (χ0v) is 9.74. The molecule has 0 saturated carbocycles. The lowest BCUT2D eigenvalue weighted by Gasteiger charge is -2.23. The average molecular weight is 255 g/mol. The largest absolute Gasteiger partial charge is 0.464 e. The van der Waals surface area contributed by atoms with Crippen LogP contribution in [0.3, 0.4) is 0 Å². The summed E-state index contributed by atoms with van der Waals surface area (Å²) < 4.78 is 5.25. The normalized spacial score (nSPS) is 17.1. The smallest absolute Gasteiger partial charge is 0.194 e. The first-order valence-electron chi connectivity index (χ1n) is 5.60. The number of carbonyl (C=O) groups is 1. The quantitative estimate of drug-likeness (QED) is 0.764. The van der Waals surface area contributed by atoms with Gasteiger partial charge in [-0.15, -0.1) is 0 Å². The van der Waals surface area contributed by atoms with Gasteiger partial charge in [0.15, 0.2) is 11.2 Å². The molecular formula is C14H9NO4. The summed E-state index contributed by atoms with van der Waals surface area (Å²) in [5.41, 5.74) is 0.870. The van der Waals surface area contributed by atoms with Crippen LogP contribution in [0.4, 0.5) is 0 Å². The minimum Gasteiger partial charge on any atom is -0.464 e. The molecule has 0 fully saturated rings. The van der Waals surface area contributed by atoms with E-state index in [0.717, 1.165) is 5.06 Å². The molecule has 0 amide bonds. The van der Waals surface area contributed by atoms with Gasteiger partial charge in [0, 0.05) is 23.9 Å². The van der Waals surface area contributed by atoms with Crippen molar-refractivity contribution >= 4 is 17.6 Å². The van der Waals surface area contributed by atoms with Crippen LogP contribution in [0.25, 0.3) is 11.8 Å². The Balaban J connectivity index is 2.29. The van der Waals surface area contributed by atoms with E-state index in [1.165, 1.54) is 36.8 Å². The van der Waals surface area contributed by atoms with E-state index in [9.17, 15) is 14.8 Å². The van der Waals surface area contributed by atoms with Gasteiger partial charge in [-0.25, -0.2) is 5.06 Å². The fourth-order valence-corrected chi connectivity index (χ4v) is 2.01. The zero-order chi connectivity index (χ0) is 13.4. The van der Waals surface area contributed by atoms with Crippen LogP contribution in [0.5, 0.6) is 0 Å². The topological polar surface area (TPSA) is 70.8 Å². The Bertz CT molecular complexity index is 716. The number of ketones is 1. The zero-order valence-electron chi connectivity index (χ0n) is 9.74. The van der Waals surface area contributed by atoms with Gasteiger partial charge in [-0.05, 0) is 24.3 Å². The van der Waals surface area contributed by atoms with E-state index in [4.69, 9.17) is 4.42 Å². The molecule has 2 aliphatic rings. The van der Waals surface area contributed by atoms with Gasteiger partial charge in [0.05, 0.1) is 17.5 Å². The first-order chi connectivity index (χ1) is 9.16. The number of fused-ring (bicyclic) bond motifs is 1. The highest BCUT2D eigenvalue weighted by Gasteiger charge is 2.23. The minimum atomic E-state index is -0.258. The van der Waals surface area contributed by atoms with Crippen molar-refractivity contribution in [1.82, 2.24) is 5.06 Å². The molecule has 0 saturated heterocycles.